The van der Waals surface area contributed by atoms with Gasteiger partial charge < -0.3 is 9.80 Å². The van der Waals surface area contributed by atoms with Gasteiger partial charge in [0.25, 0.3) is 5.91 Å². The maximum atomic E-state index is 11.7. The Morgan fingerprint density at radius 1 is 1.05 bits per heavy atom. The van der Waals surface area contributed by atoms with Crippen molar-refractivity contribution >= 4 is 23.2 Å². The number of benzene rings is 2. The van der Waals surface area contributed by atoms with Crippen LogP contribution in [0.3, 0.4) is 0 Å². The summed E-state index contributed by atoms with van der Waals surface area (Å²) in [5, 5.41) is 0. The smallest absolute Gasteiger partial charge is 0.268 e. The van der Waals surface area contributed by atoms with Crippen molar-refractivity contribution < 1.29 is 4.79 Å². The van der Waals surface area contributed by atoms with E-state index in [0.29, 0.717) is 6.54 Å². The first kappa shape index (κ1) is 12.1. The minimum Gasteiger partial charge on any atom is -0.305 e. The Labute approximate surface area is 123 Å². The van der Waals surface area contributed by atoms with Crippen LogP contribution in [0.2, 0.25) is 0 Å². The van der Waals surface area contributed by atoms with Crippen LogP contribution >= 0.6 is 0 Å². The lowest BCUT2D eigenvalue weighted by Gasteiger charge is -2.19. The number of anilines is 2. The van der Waals surface area contributed by atoms with Crippen molar-refractivity contribution in [3.63, 3.8) is 0 Å². The third-order valence-corrected chi connectivity index (χ3v) is 3.93. The van der Waals surface area contributed by atoms with E-state index in [1.54, 1.807) is 0 Å². The zero-order chi connectivity index (χ0) is 14.4. The number of hydrogen-bond acceptors (Lipinski definition) is 3. The molecule has 0 atom stereocenters. The Balaban J connectivity index is 1.74. The van der Waals surface area contributed by atoms with Gasteiger partial charge in [-0.05, 0) is 24.6 Å². The molecular weight excluding hydrogens is 262 g/mol. The molecule has 0 fully saturated rings. The van der Waals surface area contributed by atoms with Crippen LogP contribution < -0.4 is 9.80 Å². The number of nitrogens with zero attached hydrogens (tertiary/aromatic N) is 3. The molecule has 2 aromatic rings. The fourth-order valence-electron chi connectivity index (χ4n) is 2.87. The third kappa shape index (κ3) is 1.91. The second kappa shape index (κ2) is 4.45. The molecule has 4 nitrogen and oxygen atoms in total. The van der Waals surface area contributed by atoms with Gasteiger partial charge in [0.05, 0.1) is 17.9 Å². The summed E-state index contributed by atoms with van der Waals surface area (Å²) in [5.41, 5.74) is 4.63. The molecule has 4 rings (SSSR count). The van der Waals surface area contributed by atoms with Gasteiger partial charge >= 0.3 is 0 Å². The molecular formula is C17H15N3O. The molecule has 2 heterocycles. The van der Waals surface area contributed by atoms with E-state index in [-0.39, 0.29) is 5.91 Å². The van der Waals surface area contributed by atoms with Gasteiger partial charge in [-0.15, -0.1) is 0 Å². The van der Waals surface area contributed by atoms with Crippen molar-refractivity contribution in [2.45, 2.75) is 13.5 Å². The minimum absolute atomic E-state index is 0.0755. The first-order chi connectivity index (χ1) is 10.2. The van der Waals surface area contributed by atoms with Gasteiger partial charge in [0, 0.05) is 0 Å². The topological polar surface area (TPSA) is 35.9 Å². The second-order valence-electron chi connectivity index (χ2n) is 5.45. The molecule has 0 aromatic heterocycles. The predicted molar refractivity (Wildman–Crippen MR) is 83.6 cm³/mol. The molecule has 4 heteroatoms. The summed E-state index contributed by atoms with van der Waals surface area (Å²) in [6.45, 7) is 3.15. The monoisotopic (exact) mass is 277 g/mol. The maximum Gasteiger partial charge on any atom is 0.268 e. The lowest BCUT2D eigenvalue weighted by atomic mass is 10.1. The van der Waals surface area contributed by atoms with E-state index in [4.69, 9.17) is 0 Å². The van der Waals surface area contributed by atoms with E-state index in [2.05, 4.69) is 47.1 Å². The molecule has 0 saturated heterocycles. The van der Waals surface area contributed by atoms with Crippen molar-refractivity contribution in [1.82, 2.24) is 0 Å². The molecule has 0 saturated carbocycles. The molecule has 0 unspecified atom stereocenters. The number of rotatable bonds is 2. The van der Waals surface area contributed by atoms with Gasteiger partial charge in [-0.25, -0.2) is 0 Å². The molecule has 0 bridgehead atoms. The Bertz CT molecular complexity index is 749. The number of amides is 1. The number of aryl methyl sites for hydroxylation is 1. The number of aliphatic imine (C=N–C) groups is 1. The van der Waals surface area contributed by atoms with E-state index >= 15 is 0 Å². The highest BCUT2D eigenvalue weighted by molar-refractivity contribution is 6.24. The van der Waals surface area contributed by atoms with Crippen LogP contribution in [0.4, 0.5) is 11.4 Å². The summed E-state index contributed by atoms with van der Waals surface area (Å²) in [6.07, 6.45) is 0. The van der Waals surface area contributed by atoms with Crippen LogP contribution in [0.25, 0.3) is 0 Å². The standard InChI is InChI=1S/C17H15N3O/c1-12-6-8-13(9-7-12)10-19-14-4-2-3-5-15(14)20-11-16(21)18-17(19)20/h2-9H,10-11H2,1H3. The number of carbonyl (C=O) groups excluding carboxylic acids is 1. The van der Waals surface area contributed by atoms with E-state index in [9.17, 15) is 4.79 Å². The molecule has 21 heavy (non-hydrogen) atoms. The normalized spacial score (nSPS) is 16.0. The van der Waals surface area contributed by atoms with E-state index in [1.165, 1.54) is 11.1 Å². The fraction of sp³-hybridized carbons (Fsp3) is 0.176. The zero-order valence-corrected chi connectivity index (χ0v) is 11.8. The molecule has 104 valence electrons. The molecule has 0 N–H and O–H groups in total. The zero-order valence-electron chi connectivity index (χ0n) is 11.8. The molecule has 0 radical (unpaired) electrons. The summed E-state index contributed by atoms with van der Waals surface area (Å²) < 4.78 is 0. The number of hydrogen-bond donors (Lipinski definition) is 0. The van der Waals surface area contributed by atoms with E-state index in [0.717, 1.165) is 23.9 Å². The van der Waals surface area contributed by atoms with Crippen LogP contribution in [-0.2, 0) is 11.3 Å². The van der Waals surface area contributed by atoms with Crippen LogP contribution in [-0.4, -0.2) is 18.4 Å². The average Bonchev–Trinajstić information content (AvgIpc) is 2.99. The average molecular weight is 277 g/mol. The Hall–Kier alpha value is -2.62. The lowest BCUT2D eigenvalue weighted by Crippen LogP contribution is -2.35. The van der Waals surface area contributed by atoms with Crippen LogP contribution in [0.15, 0.2) is 53.5 Å². The highest BCUT2D eigenvalue weighted by Gasteiger charge is 2.37. The summed E-state index contributed by atoms with van der Waals surface area (Å²) in [5.74, 6) is 0.676. The summed E-state index contributed by atoms with van der Waals surface area (Å²) in [4.78, 5) is 20.0. The number of guanidine groups is 1. The van der Waals surface area contributed by atoms with Gasteiger partial charge in [0.15, 0.2) is 0 Å². The van der Waals surface area contributed by atoms with Crippen molar-refractivity contribution in [3.05, 3.63) is 59.7 Å². The molecule has 1 amide bonds. The third-order valence-electron chi connectivity index (χ3n) is 3.93. The SMILES string of the molecule is Cc1ccc(CN2C3=NC(=O)CN3c3ccccc32)cc1. The maximum absolute atomic E-state index is 11.7. The van der Waals surface area contributed by atoms with Crippen LogP contribution in [0.1, 0.15) is 11.1 Å². The molecule has 2 aromatic carbocycles. The second-order valence-corrected chi connectivity index (χ2v) is 5.45. The van der Waals surface area contributed by atoms with Crippen molar-refractivity contribution in [2.75, 3.05) is 16.3 Å². The number of carbonyl (C=O) groups is 1. The van der Waals surface area contributed by atoms with Crippen molar-refractivity contribution in [1.29, 1.82) is 0 Å². The van der Waals surface area contributed by atoms with E-state index in [1.807, 2.05) is 23.1 Å². The lowest BCUT2D eigenvalue weighted by molar-refractivity contribution is -0.115. The van der Waals surface area contributed by atoms with Crippen LogP contribution in [0.5, 0.6) is 0 Å². The van der Waals surface area contributed by atoms with Gasteiger partial charge in [-0.1, -0.05) is 42.0 Å². The molecule has 0 aliphatic carbocycles. The van der Waals surface area contributed by atoms with Gasteiger partial charge in [0.1, 0.15) is 6.54 Å². The van der Waals surface area contributed by atoms with Gasteiger partial charge in [-0.2, -0.15) is 4.99 Å². The van der Waals surface area contributed by atoms with Gasteiger partial charge in [0.2, 0.25) is 5.96 Å². The summed E-state index contributed by atoms with van der Waals surface area (Å²) in [7, 11) is 0. The molecule has 2 aliphatic heterocycles. The predicted octanol–water partition coefficient (Wildman–Crippen LogP) is 2.72. The number of para-hydroxylation sites is 2. The molecule has 2 aliphatic rings. The Morgan fingerprint density at radius 3 is 2.52 bits per heavy atom. The first-order valence-electron chi connectivity index (χ1n) is 7.03. The van der Waals surface area contributed by atoms with Crippen molar-refractivity contribution in [2.24, 2.45) is 4.99 Å². The highest BCUT2D eigenvalue weighted by Crippen LogP contribution is 2.39. The minimum atomic E-state index is -0.0755. The van der Waals surface area contributed by atoms with E-state index < -0.39 is 0 Å². The highest BCUT2D eigenvalue weighted by atomic mass is 16.2. The molecule has 0 spiro atoms. The Morgan fingerprint density at radius 2 is 1.76 bits per heavy atom. The van der Waals surface area contributed by atoms with Crippen LogP contribution in [0, 0.1) is 6.92 Å². The largest absolute Gasteiger partial charge is 0.305 e. The summed E-state index contributed by atoms with van der Waals surface area (Å²) >= 11 is 0. The quantitative estimate of drug-likeness (QED) is 0.846. The summed E-state index contributed by atoms with van der Waals surface area (Å²) in [6, 6.07) is 16.6. The van der Waals surface area contributed by atoms with Gasteiger partial charge in [-0.3, -0.25) is 4.79 Å². The fourth-order valence-corrected chi connectivity index (χ4v) is 2.87. The number of fused-ring (bicyclic) bond motifs is 3. The first-order valence-corrected chi connectivity index (χ1v) is 7.03. The van der Waals surface area contributed by atoms with Crippen molar-refractivity contribution in [3.8, 4) is 0 Å². The Kier molecular flexibility index (Phi) is 2.57.